The number of nitriles is 1. The van der Waals surface area contributed by atoms with Gasteiger partial charge in [-0.2, -0.15) is 5.26 Å². The summed E-state index contributed by atoms with van der Waals surface area (Å²) in [4.78, 5) is 13.0. The molecule has 290 valence electrons. The predicted molar refractivity (Wildman–Crippen MR) is 207 cm³/mol. The van der Waals surface area contributed by atoms with Gasteiger partial charge in [0.15, 0.2) is 11.5 Å². The Morgan fingerprint density at radius 1 is 0.927 bits per heavy atom. The minimum atomic E-state index is -4.03. The van der Waals surface area contributed by atoms with Crippen molar-refractivity contribution in [3.05, 3.63) is 108 Å². The zero-order valence-electron chi connectivity index (χ0n) is 31.9. The third kappa shape index (κ3) is 8.23. The zero-order valence-corrected chi connectivity index (χ0v) is 32.8. The fourth-order valence-corrected chi connectivity index (χ4v) is 9.51. The second-order valence-corrected chi connectivity index (χ2v) is 15.6. The Kier molecular flexibility index (Phi) is 12.5. The number of fused-ring (bicyclic) bond motifs is 1. The highest BCUT2D eigenvalue weighted by atomic mass is 31.2. The molecule has 1 aliphatic rings. The standard InChI is InChI=1S/C40H48N7O7P/c1-27(2)47(28(3)4)55(48,52-22-10-21-41)54-34-23-36(46-26-45-37-38(42)43-25-44-39(37)46)53-35(34)24-51-40(29-11-8-7-9-12-29,30-13-17-32(49-5)18-14-30)31-15-19-33(50-6)20-16-31/h7-9,11-20,25-28,34-36H,10,22-24H2,1-6H3,(H2,42,43,44)/t34-,35+,36+,55?/m0/s1. The Morgan fingerprint density at radius 3 is 2.09 bits per heavy atom. The fourth-order valence-electron chi connectivity index (χ4n) is 7.19. The number of benzene rings is 3. The number of hydrogen-bond donors (Lipinski definition) is 1. The van der Waals surface area contributed by atoms with Crippen molar-refractivity contribution in [3.8, 4) is 17.6 Å². The van der Waals surface area contributed by atoms with E-state index in [2.05, 4.69) is 21.0 Å². The number of anilines is 1. The smallest absolute Gasteiger partial charge is 0.409 e. The first kappa shape index (κ1) is 39.8. The molecule has 0 radical (unpaired) electrons. The van der Waals surface area contributed by atoms with Crippen molar-refractivity contribution in [1.29, 1.82) is 5.26 Å². The molecule has 55 heavy (non-hydrogen) atoms. The van der Waals surface area contributed by atoms with Crippen molar-refractivity contribution < 1.29 is 32.6 Å². The summed E-state index contributed by atoms with van der Waals surface area (Å²) in [6, 6.07) is 27.1. The van der Waals surface area contributed by atoms with E-state index in [0.29, 0.717) is 22.7 Å². The molecular formula is C40H48N7O7P. The van der Waals surface area contributed by atoms with Crippen molar-refractivity contribution in [2.24, 2.45) is 0 Å². The quantitative estimate of drug-likeness (QED) is 0.0570. The Hall–Kier alpha value is -4.87. The Labute approximate surface area is 321 Å². The molecule has 14 nitrogen and oxygen atoms in total. The predicted octanol–water partition coefficient (Wildman–Crippen LogP) is 7.26. The molecule has 3 aromatic carbocycles. The number of methoxy groups -OCH3 is 2. The average molecular weight is 770 g/mol. The summed E-state index contributed by atoms with van der Waals surface area (Å²) in [5.74, 6) is 1.63. The third-order valence-electron chi connectivity index (χ3n) is 9.59. The Balaban J connectivity index is 1.45. The highest BCUT2D eigenvalue weighted by Crippen LogP contribution is 2.57. The summed E-state index contributed by atoms with van der Waals surface area (Å²) < 4.78 is 56.3. The number of ether oxygens (including phenoxy) is 4. The van der Waals surface area contributed by atoms with Crippen molar-refractivity contribution in [2.75, 3.05) is 33.2 Å². The Bertz CT molecular complexity index is 2050. The lowest BCUT2D eigenvalue weighted by Crippen LogP contribution is -2.40. The van der Waals surface area contributed by atoms with Crippen LogP contribution in [0.3, 0.4) is 0 Å². The van der Waals surface area contributed by atoms with Crippen LogP contribution in [0.2, 0.25) is 0 Å². The van der Waals surface area contributed by atoms with Crippen LogP contribution in [0.4, 0.5) is 5.82 Å². The second-order valence-electron chi connectivity index (χ2n) is 13.7. The lowest BCUT2D eigenvalue weighted by Gasteiger charge is -2.39. The fraction of sp³-hybridized carbons (Fsp3) is 0.400. The van der Waals surface area contributed by atoms with Gasteiger partial charge in [0, 0.05) is 18.5 Å². The molecule has 15 heteroatoms. The van der Waals surface area contributed by atoms with Crippen molar-refractivity contribution in [3.63, 3.8) is 0 Å². The molecule has 5 aromatic rings. The van der Waals surface area contributed by atoms with Crippen LogP contribution in [0.25, 0.3) is 11.2 Å². The van der Waals surface area contributed by atoms with E-state index in [4.69, 9.17) is 33.7 Å². The van der Waals surface area contributed by atoms with Crippen LogP contribution in [0, 0.1) is 11.3 Å². The van der Waals surface area contributed by atoms with Gasteiger partial charge in [0.05, 0.1) is 46.3 Å². The number of imidazole rings is 1. The maximum atomic E-state index is 15.0. The van der Waals surface area contributed by atoms with Gasteiger partial charge in [-0.1, -0.05) is 54.6 Å². The van der Waals surface area contributed by atoms with Gasteiger partial charge < -0.3 is 24.7 Å². The summed E-state index contributed by atoms with van der Waals surface area (Å²) in [6.07, 6.45) is 0.996. The third-order valence-corrected chi connectivity index (χ3v) is 12.1. The highest BCUT2D eigenvalue weighted by molar-refractivity contribution is 7.51. The van der Waals surface area contributed by atoms with Crippen LogP contribution in [0.5, 0.6) is 11.5 Å². The van der Waals surface area contributed by atoms with Crippen LogP contribution in [-0.4, -0.2) is 75.9 Å². The molecule has 4 atom stereocenters. The molecule has 0 amide bonds. The molecule has 1 saturated heterocycles. The first-order valence-corrected chi connectivity index (χ1v) is 19.7. The normalized spacial score (nSPS) is 18.5. The molecule has 0 aliphatic carbocycles. The number of nitrogens with two attached hydrogens (primary N) is 1. The van der Waals surface area contributed by atoms with Gasteiger partial charge in [-0.25, -0.2) is 24.2 Å². The number of nitrogens with zero attached hydrogens (tertiary/aromatic N) is 6. The van der Waals surface area contributed by atoms with E-state index in [9.17, 15) is 5.26 Å². The first-order valence-electron chi connectivity index (χ1n) is 18.2. The van der Waals surface area contributed by atoms with E-state index in [1.54, 1.807) is 29.8 Å². The van der Waals surface area contributed by atoms with Gasteiger partial charge in [0.1, 0.15) is 47.4 Å². The molecule has 2 aromatic heterocycles. The number of hydrogen-bond acceptors (Lipinski definition) is 12. The molecule has 0 bridgehead atoms. The number of rotatable bonds is 17. The zero-order chi connectivity index (χ0) is 39.2. The van der Waals surface area contributed by atoms with E-state index in [1.807, 2.05) is 107 Å². The van der Waals surface area contributed by atoms with Crippen molar-refractivity contribution >= 4 is 24.7 Å². The van der Waals surface area contributed by atoms with Gasteiger partial charge in [-0.05, 0) is 68.7 Å². The maximum absolute atomic E-state index is 15.0. The lowest BCUT2D eigenvalue weighted by atomic mass is 9.80. The van der Waals surface area contributed by atoms with Crippen LogP contribution >= 0.6 is 7.75 Å². The molecule has 6 rings (SSSR count). The molecule has 0 spiro atoms. The summed E-state index contributed by atoms with van der Waals surface area (Å²) in [6.45, 7) is 7.63. The minimum Gasteiger partial charge on any atom is -0.497 e. The second kappa shape index (κ2) is 17.3. The van der Waals surface area contributed by atoms with E-state index in [0.717, 1.165) is 16.7 Å². The molecule has 1 unspecified atom stereocenters. The van der Waals surface area contributed by atoms with Crippen LogP contribution in [0.15, 0.2) is 91.5 Å². The van der Waals surface area contributed by atoms with Crippen LogP contribution < -0.4 is 15.2 Å². The van der Waals surface area contributed by atoms with E-state index in [-0.39, 0.29) is 44.0 Å². The van der Waals surface area contributed by atoms with E-state index >= 15 is 4.57 Å². The summed E-state index contributed by atoms with van der Waals surface area (Å²) >= 11 is 0. The Morgan fingerprint density at radius 2 is 1.53 bits per heavy atom. The summed E-state index contributed by atoms with van der Waals surface area (Å²) in [7, 11) is -0.776. The van der Waals surface area contributed by atoms with Gasteiger partial charge in [-0.15, -0.1) is 0 Å². The van der Waals surface area contributed by atoms with Crippen LogP contribution in [-0.2, 0) is 28.7 Å². The molecule has 0 saturated carbocycles. The maximum Gasteiger partial charge on any atom is 0.409 e. The molecular weight excluding hydrogens is 721 g/mol. The van der Waals surface area contributed by atoms with Gasteiger partial charge in [-0.3, -0.25) is 13.6 Å². The SMILES string of the molecule is COc1ccc(C(OC[C@H]2O[C@@H](n3cnc4c(N)ncnc43)C[C@@H]2OP(=O)(OCCC#N)N(C(C)C)C(C)C)(c2ccccc2)c2ccc(OC)cc2)cc1. The minimum absolute atomic E-state index is 0.0145. The lowest BCUT2D eigenvalue weighted by molar-refractivity contribution is -0.0925. The van der Waals surface area contributed by atoms with Crippen molar-refractivity contribution in [1.82, 2.24) is 24.2 Å². The molecule has 1 aliphatic heterocycles. The largest absolute Gasteiger partial charge is 0.497 e. The highest BCUT2D eigenvalue weighted by Gasteiger charge is 2.48. The van der Waals surface area contributed by atoms with Crippen molar-refractivity contribution in [2.45, 2.75) is 76.7 Å². The van der Waals surface area contributed by atoms with E-state index in [1.165, 1.54) is 6.33 Å². The van der Waals surface area contributed by atoms with Crippen LogP contribution in [0.1, 0.15) is 63.5 Å². The number of aromatic nitrogens is 4. The monoisotopic (exact) mass is 769 g/mol. The summed E-state index contributed by atoms with van der Waals surface area (Å²) in [5.41, 5.74) is 8.42. The molecule has 1 fully saturated rings. The van der Waals surface area contributed by atoms with Gasteiger partial charge in [0.2, 0.25) is 0 Å². The topological polar surface area (TPSA) is 169 Å². The molecule has 3 heterocycles. The first-order chi connectivity index (χ1) is 26.5. The summed E-state index contributed by atoms with van der Waals surface area (Å²) in [5, 5.41) is 9.33. The average Bonchev–Trinajstić information content (AvgIpc) is 3.80. The van der Waals surface area contributed by atoms with E-state index < -0.39 is 31.8 Å². The molecule has 2 N–H and O–H groups in total. The number of nitrogen functional groups attached to an aromatic ring is 1. The van der Waals surface area contributed by atoms with Gasteiger partial charge >= 0.3 is 7.75 Å². The van der Waals surface area contributed by atoms with Gasteiger partial charge in [0.25, 0.3) is 0 Å².